The summed E-state index contributed by atoms with van der Waals surface area (Å²) in [4.78, 5) is 16.3. The van der Waals surface area contributed by atoms with Gasteiger partial charge in [-0.3, -0.25) is 4.79 Å². The van der Waals surface area contributed by atoms with Crippen LogP contribution < -0.4 is 10.1 Å². The zero-order chi connectivity index (χ0) is 22.7. The van der Waals surface area contributed by atoms with Gasteiger partial charge in [-0.05, 0) is 60.0 Å². The monoisotopic (exact) mass is 448 g/mol. The molecule has 7 heteroatoms. The number of H-pyrrole nitrogens is 1. The van der Waals surface area contributed by atoms with Crippen LogP contribution in [0.2, 0.25) is 0 Å². The number of aromatic amines is 1. The second kappa shape index (κ2) is 8.88. The van der Waals surface area contributed by atoms with Crippen molar-refractivity contribution in [1.82, 2.24) is 4.98 Å². The molecular weight excluding hydrogens is 424 g/mol. The Bertz CT molecular complexity index is 1370. The fraction of sp³-hybridized carbons (Fsp3) is 0.160. The van der Waals surface area contributed by atoms with Gasteiger partial charge in [0.15, 0.2) is 9.84 Å². The molecule has 0 aliphatic rings. The van der Waals surface area contributed by atoms with E-state index in [2.05, 4.69) is 10.3 Å². The van der Waals surface area contributed by atoms with Gasteiger partial charge in [-0.15, -0.1) is 0 Å². The Labute approximate surface area is 187 Å². The smallest absolute Gasteiger partial charge is 0.224 e. The number of hydrogen-bond donors (Lipinski definition) is 2. The van der Waals surface area contributed by atoms with E-state index in [1.54, 1.807) is 25.3 Å². The van der Waals surface area contributed by atoms with Crippen molar-refractivity contribution in [2.75, 3.05) is 18.7 Å². The van der Waals surface area contributed by atoms with Crippen LogP contribution in [0.1, 0.15) is 12.0 Å². The highest BCUT2D eigenvalue weighted by Gasteiger charge is 2.17. The van der Waals surface area contributed by atoms with Crippen LogP contribution in [0.4, 0.5) is 5.69 Å². The second-order valence-corrected chi connectivity index (χ2v) is 9.55. The number of rotatable bonds is 7. The largest absolute Gasteiger partial charge is 0.497 e. The fourth-order valence-electron chi connectivity index (χ4n) is 3.81. The van der Waals surface area contributed by atoms with E-state index in [1.807, 2.05) is 48.5 Å². The number of benzene rings is 3. The van der Waals surface area contributed by atoms with E-state index in [1.165, 1.54) is 6.07 Å². The standard InChI is InChI=1S/C25H24N2O4S/c1-31-18-13-11-17(12-14-18)25-20(19-7-3-4-8-21(19)27-25)15-16-24(28)26-22-9-5-6-10-23(22)32(2,29)30/h3-14,27H,15-16H2,1-2H3,(H,26,28). The summed E-state index contributed by atoms with van der Waals surface area (Å²) < 4.78 is 29.3. The highest BCUT2D eigenvalue weighted by atomic mass is 32.2. The summed E-state index contributed by atoms with van der Waals surface area (Å²) >= 11 is 0. The van der Waals surface area contributed by atoms with Crippen LogP contribution in [0.5, 0.6) is 5.75 Å². The first-order chi connectivity index (χ1) is 15.4. The van der Waals surface area contributed by atoms with Crippen LogP contribution in [0, 0.1) is 0 Å². The molecule has 32 heavy (non-hydrogen) atoms. The molecule has 2 N–H and O–H groups in total. The summed E-state index contributed by atoms with van der Waals surface area (Å²) in [5.41, 5.74) is 4.29. The molecule has 1 amide bonds. The number of aryl methyl sites for hydroxylation is 1. The normalized spacial score (nSPS) is 11.4. The maximum Gasteiger partial charge on any atom is 0.224 e. The van der Waals surface area contributed by atoms with Crippen LogP contribution in [0.25, 0.3) is 22.2 Å². The molecule has 1 heterocycles. The maximum absolute atomic E-state index is 12.7. The minimum absolute atomic E-state index is 0.111. The van der Waals surface area contributed by atoms with Gasteiger partial charge in [0.05, 0.1) is 17.7 Å². The Morgan fingerprint density at radius 2 is 1.66 bits per heavy atom. The van der Waals surface area contributed by atoms with Gasteiger partial charge >= 0.3 is 0 Å². The van der Waals surface area contributed by atoms with E-state index in [0.29, 0.717) is 12.1 Å². The predicted molar refractivity (Wildman–Crippen MR) is 127 cm³/mol. The number of anilines is 1. The summed E-state index contributed by atoms with van der Waals surface area (Å²) in [6.07, 6.45) is 1.84. The minimum Gasteiger partial charge on any atom is -0.497 e. The number of sulfone groups is 1. The fourth-order valence-corrected chi connectivity index (χ4v) is 4.65. The van der Waals surface area contributed by atoms with E-state index >= 15 is 0 Å². The first-order valence-corrected chi connectivity index (χ1v) is 12.1. The lowest BCUT2D eigenvalue weighted by atomic mass is 10.0. The quantitative estimate of drug-likeness (QED) is 0.424. The topological polar surface area (TPSA) is 88.3 Å². The minimum atomic E-state index is -3.44. The van der Waals surface area contributed by atoms with Crippen molar-refractivity contribution < 1.29 is 17.9 Å². The molecule has 0 unspecified atom stereocenters. The summed E-state index contributed by atoms with van der Waals surface area (Å²) in [6, 6.07) is 22.2. The zero-order valence-corrected chi connectivity index (χ0v) is 18.7. The number of fused-ring (bicyclic) bond motifs is 1. The van der Waals surface area contributed by atoms with E-state index in [-0.39, 0.29) is 17.2 Å². The van der Waals surface area contributed by atoms with Crippen molar-refractivity contribution in [2.24, 2.45) is 0 Å². The molecule has 3 aromatic carbocycles. The van der Waals surface area contributed by atoms with Crippen LogP contribution in [-0.2, 0) is 21.1 Å². The van der Waals surface area contributed by atoms with Gasteiger partial charge in [0.2, 0.25) is 5.91 Å². The van der Waals surface area contributed by atoms with Gasteiger partial charge in [0.1, 0.15) is 5.75 Å². The second-order valence-electron chi connectivity index (χ2n) is 7.57. The first-order valence-electron chi connectivity index (χ1n) is 10.2. The highest BCUT2D eigenvalue weighted by Crippen LogP contribution is 2.32. The number of carbonyl (C=O) groups excluding carboxylic acids is 1. The van der Waals surface area contributed by atoms with Gasteiger partial charge < -0.3 is 15.0 Å². The van der Waals surface area contributed by atoms with Crippen LogP contribution in [0.15, 0.2) is 77.7 Å². The lowest BCUT2D eigenvalue weighted by Crippen LogP contribution is -2.15. The first kappa shape index (κ1) is 21.6. The lowest BCUT2D eigenvalue weighted by Gasteiger charge is -2.10. The Kier molecular flexibility index (Phi) is 6.01. The van der Waals surface area contributed by atoms with E-state index in [0.717, 1.165) is 39.7 Å². The molecule has 0 fully saturated rings. The molecule has 4 rings (SSSR count). The lowest BCUT2D eigenvalue weighted by molar-refractivity contribution is -0.116. The average Bonchev–Trinajstić information content (AvgIpc) is 3.16. The molecular formula is C25H24N2O4S. The number of hydrogen-bond acceptors (Lipinski definition) is 4. The maximum atomic E-state index is 12.7. The molecule has 6 nitrogen and oxygen atoms in total. The predicted octanol–water partition coefficient (Wildman–Crippen LogP) is 4.82. The van der Waals surface area contributed by atoms with Crippen LogP contribution in [-0.4, -0.2) is 32.7 Å². The molecule has 0 saturated carbocycles. The number of aromatic nitrogens is 1. The van der Waals surface area contributed by atoms with Crippen molar-refractivity contribution in [1.29, 1.82) is 0 Å². The summed E-state index contributed by atoms with van der Waals surface area (Å²) in [6.45, 7) is 0. The molecule has 0 atom stereocenters. The van der Waals surface area contributed by atoms with Crippen molar-refractivity contribution in [3.63, 3.8) is 0 Å². The van der Waals surface area contributed by atoms with Gasteiger partial charge in [-0.25, -0.2) is 8.42 Å². The summed E-state index contributed by atoms with van der Waals surface area (Å²) in [7, 11) is -1.82. The average molecular weight is 449 g/mol. The number of carbonyl (C=O) groups is 1. The summed E-state index contributed by atoms with van der Waals surface area (Å²) in [5, 5.41) is 3.82. The molecule has 0 aliphatic heterocycles. The van der Waals surface area contributed by atoms with E-state index in [4.69, 9.17) is 4.74 Å². The molecule has 164 valence electrons. The third kappa shape index (κ3) is 4.53. The van der Waals surface area contributed by atoms with Crippen molar-refractivity contribution in [2.45, 2.75) is 17.7 Å². The van der Waals surface area contributed by atoms with Crippen molar-refractivity contribution in [3.05, 3.63) is 78.4 Å². The van der Waals surface area contributed by atoms with Gasteiger partial charge in [-0.1, -0.05) is 30.3 Å². The molecule has 4 aromatic rings. The molecule has 0 aliphatic carbocycles. The molecule has 0 radical (unpaired) electrons. The molecule has 1 aromatic heterocycles. The highest BCUT2D eigenvalue weighted by molar-refractivity contribution is 7.90. The molecule has 0 bridgehead atoms. The number of para-hydroxylation sites is 2. The SMILES string of the molecule is COc1ccc(-c2[nH]c3ccccc3c2CCC(=O)Nc2ccccc2S(C)(=O)=O)cc1. The number of ether oxygens (including phenoxy) is 1. The Morgan fingerprint density at radius 1 is 0.969 bits per heavy atom. The van der Waals surface area contributed by atoms with Crippen molar-refractivity contribution in [3.8, 4) is 17.0 Å². The third-order valence-corrected chi connectivity index (χ3v) is 6.51. The number of methoxy groups -OCH3 is 1. The van der Waals surface area contributed by atoms with E-state index in [9.17, 15) is 13.2 Å². The Hall–Kier alpha value is -3.58. The van der Waals surface area contributed by atoms with Crippen LogP contribution >= 0.6 is 0 Å². The molecule has 0 saturated heterocycles. The van der Waals surface area contributed by atoms with Crippen molar-refractivity contribution >= 4 is 32.3 Å². The number of amides is 1. The van der Waals surface area contributed by atoms with Gasteiger partial charge in [0.25, 0.3) is 0 Å². The molecule has 0 spiro atoms. The van der Waals surface area contributed by atoms with E-state index < -0.39 is 9.84 Å². The van der Waals surface area contributed by atoms with Crippen LogP contribution in [0.3, 0.4) is 0 Å². The van der Waals surface area contributed by atoms with Gasteiger partial charge in [-0.2, -0.15) is 0 Å². The third-order valence-electron chi connectivity index (χ3n) is 5.36. The van der Waals surface area contributed by atoms with Gasteiger partial charge in [0, 0.05) is 29.3 Å². The Balaban J connectivity index is 1.60. The Morgan fingerprint density at radius 3 is 2.38 bits per heavy atom. The number of nitrogens with one attached hydrogen (secondary N) is 2. The zero-order valence-electron chi connectivity index (χ0n) is 17.9. The summed E-state index contributed by atoms with van der Waals surface area (Å²) in [5.74, 6) is 0.530.